The van der Waals surface area contributed by atoms with E-state index in [1.165, 1.54) is 9.80 Å². The molecule has 4 N–H and O–H groups in total. The average Bonchev–Trinajstić information content (AvgIpc) is 3.59. The van der Waals surface area contributed by atoms with Gasteiger partial charge in [-0.15, -0.1) is 11.3 Å². The van der Waals surface area contributed by atoms with Crippen molar-refractivity contribution in [2.75, 3.05) is 20.1 Å². The lowest BCUT2D eigenvalue weighted by Gasteiger charge is -2.35. The third-order valence-corrected chi connectivity index (χ3v) is 9.26. The maximum atomic E-state index is 13.8. The summed E-state index contributed by atoms with van der Waals surface area (Å²) in [5.41, 5.74) is 4.14. The number of hydrogen-bond donors (Lipinski definition) is 4. The lowest BCUT2D eigenvalue weighted by atomic mass is 9.85. The molecule has 2 aromatic rings. The lowest BCUT2D eigenvalue weighted by Crippen LogP contribution is -2.57. The summed E-state index contributed by atoms with van der Waals surface area (Å²) in [5, 5.41) is 25.3. The smallest absolute Gasteiger partial charge is 0.407 e. The Balaban J connectivity index is 1.56. The number of thiazole rings is 1. The van der Waals surface area contributed by atoms with E-state index >= 15 is 0 Å². The number of aryl methyl sites for hydroxylation is 1. The van der Waals surface area contributed by atoms with Gasteiger partial charge in [0.25, 0.3) is 0 Å². The highest BCUT2D eigenvalue weighted by Gasteiger charge is 2.44. The van der Waals surface area contributed by atoms with Gasteiger partial charge in [0.15, 0.2) is 0 Å². The molecule has 248 valence electrons. The summed E-state index contributed by atoms with van der Waals surface area (Å²) >= 11 is 1.58. The number of hydrogen-bond acceptors (Lipinski definition) is 7. The first kappa shape index (κ1) is 36.0. The van der Waals surface area contributed by atoms with Crippen molar-refractivity contribution in [2.45, 2.75) is 104 Å². The minimum atomic E-state index is -0.941. The van der Waals surface area contributed by atoms with Crippen molar-refractivity contribution in [1.29, 1.82) is 0 Å². The fourth-order valence-electron chi connectivity index (χ4n) is 5.51. The van der Waals surface area contributed by atoms with Crippen molar-refractivity contribution < 1.29 is 29.4 Å². The number of rotatable bonds is 14. The highest BCUT2D eigenvalue weighted by Crippen LogP contribution is 2.29. The Labute approximate surface area is 270 Å². The Bertz CT molecular complexity index is 1310. The Kier molecular flexibility index (Phi) is 12.9. The molecule has 11 nitrogen and oxygen atoms in total. The van der Waals surface area contributed by atoms with Crippen LogP contribution in [0.4, 0.5) is 4.79 Å². The topological polar surface area (TPSA) is 152 Å². The Morgan fingerprint density at radius 3 is 2.31 bits per heavy atom. The van der Waals surface area contributed by atoms with Gasteiger partial charge in [-0.1, -0.05) is 64.3 Å². The molecule has 45 heavy (non-hydrogen) atoms. The van der Waals surface area contributed by atoms with Crippen LogP contribution in [0.2, 0.25) is 0 Å². The van der Waals surface area contributed by atoms with Gasteiger partial charge in [0.1, 0.15) is 12.1 Å². The van der Waals surface area contributed by atoms with E-state index in [2.05, 4.69) is 15.6 Å². The Morgan fingerprint density at radius 1 is 1.07 bits per heavy atom. The molecule has 1 aromatic carbocycles. The van der Waals surface area contributed by atoms with Crippen LogP contribution in [0.15, 0.2) is 29.8 Å². The van der Waals surface area contributed by atoms with Crippen molar-refractivity contribution in [1.82, 2.24) is 25.4 Å². The van der Waals surface area contributed by atoms with E-state index < -0.39 is 29.7 Å². The van der Waals surface area contributed by atoms with Crippen LogP contribution in [-0.4, -0.2) is 87.1 Å². The molecule has 4 atom stereocenters. The summed E-state index contributed by atoms with van der Waals surface area (Å²) in [6.45, 7) is 9.96. The standard InChI is InChI=1S/C33H49N5O6S/c1-21(23-13-15-24(16-14-23)28-22(2)34-20-45-28)35-30(41)26-18-25(39)19-38(26)31(42)29(33(3,4)5)36-27(40)12-10-8-7-9-11-17-37(6)32(43)44/h13-16,20-21,25-26,29,39H,7-12,17-19H2,1-6H3,(H,35,41)(H,36,40)(H,43,44)/t21-,25+,26-,29?/m0/s1. The average molecular weight is 644 g/mol. The summed E-state index contributed by atoms with van der Waals surface area (Å²) in [6, 6.07) is 5.91. The van der Waals surface area contributed by atoms with Crippen LogP contribution < -0.4 is 10.6 Å². The second-order valence-corrected chi connectivity index (χ2v) is 14.0. The van der Waals surface area contributed by atoms with Crippen LogP contribution in [-0.2, 0) is 14.4 Å². The highest BCUT2D eigenvalue weighted by molar-refractivity contribution is 7.13. The van der Waals surface area contributed by atoms with Gasteiger partial charge in [-0.2, -0.15) is 0 Å². The summed E-state index contributed by atoms with van der Waals surface area (Å²) in [5.74, 6) is -0.962. The molecule has 1 fully saturated rings. The molecule has 2 heterocycles. The van der Waals surface area contributed by atoms with E-state index in [-0.39, 0.29) is 43.1 Å². The monoisotopic (exact) mass is 643 g/mol. The molecule has 1 saturated heterocycles. The fourth-order valence-corrected chi connectivity index (χ4v) is 6.32. The molecule has 1 aromatic heterocycles. The number of likely N-dealkylation sites (tertiary alicyclic amines) is 1. The number of aliphatic hydroxyl groups excluding tert-OH is 1. The van der Waals surface area contributed by atoms with Gasteiger partial charge < -0.3 is 30.6 Å². The summed E-state index contributed by atoms with van der Waals surface area (Å²) in [6.07, 6.45) is 2.62. The van der Waals surface area contributed by atoms with Gasteiger partial charge in [-0.3, -0.25) is 14.4 Å². The molecule has 1 unspecified atom stereocenters. The first-order chi connectivity index (χ1) is 21.2. The number of nitrogens with zero attached hydrogens (tertiary/aromatic N) is 3. The number of carboxylic acid groups (broad SMARTS) is 1. The number of carbonyl (C=O) groups excluding carboxylic acids is 3. The van der Waals surface area contributed by atoms with Crippen molar-refractivity contribution >= 4 is 35.2 Å². The number of nitrogens with one attached hydrogen (secondary N) is 2. The van der Waals surface area contributed by atoms with Crippen LogP contribution >= 0.6 is 11.3 Å². The highest BCUT2D eigenvalue weighted by atomic mass is 32.1. The molecule has 12 heteroatoms. The maximum absolute atomic E-state index is 13.8. The largest absolute Gasteiger partial charge is 0.465 e. The molecule has 1 aliphatic heterocycles. The number of amides is 4. The van der Waals surface area contributed by atoms with E-state index in [1.54, 1.807) is 18.4 Å². The predicted molar refractivity (Wildman–Crippen MR) is 175 cm³/mol. The molecular formula is C33H49N5O6S. The van der Waals surface area contributed by atoms with Gasteiger partial charge in [0.2, 0.25) is 17.7 Å². The van der Waals surface area contributed by atoms with Crippen LogP contribution in [0.1, 0.15) is 89.9 Å². The molecular weight excluding hydrogens is 594 g/mol. The predicted octanol–water partition coefficient (Wildman–Crippen LogP) is 4.74. The third kappa shape index (κ3) is 10.3. The first-order valence-electron chi connectivity index (χ1n) is 15.7. The molecule has 4 amide bonds. The summed E-state index contributed by atoms with van der Waals surface area (Å²) in [7, 11) is 1.54. The number of carbonyl (C=O) groups is 4. The van der Waals surface area contributed by atoms with E-state index in [0.717, 1.165) is 47.4 Å². The number of benzene rings is 1. The SMILES string of the molecule is Cc1ncsc1-c1ccc([C@H](C)NC(=O)[C@@H]2C[C@@H](O)CN2C(=O)C(NC(=O)CCCCCCCN(C)C(=O)O)C(C)(C)C)cc1. The van der Waals surface area contributed by atoms with Gasteiger partial charge in [0, 0.05) is 33.0 Å². The lowest BCUT2D eigenvalue weighted by molar-refractivity contribution is -0.144. The van der Waals surface area contributed by atoms with Crippen LogP contribution in [0.25, 0.3) is 10.4 Å². The molecule has 0 bridgehead atoms. The minimum Gasteiger partial charge on any atom is -0.465 e. The zero-order valence-electron chi connectivity index (χ0n) is 27.3. The second kappa shape index (κ2) is 16.2. The number of aromatic nitrogens is 1. The van der Waals surface area contributed by atoms with Crippen molar-refractivity contribution in [3.05, 3.63) is 41.0 Å². The number of aliphatic hydroxyl groups is 1. The van der Waals surface area contributed by atoms with E-state index in [1.807, 2.05) is 64.4 Å². The van der Waals surface area contributed by atoms with Gasteiger partial charge in [0.05, 0.1) is 28.2 Å². The zero-order chi connectivity index (χ0) is 33.3. The summed E-state index contributed by atoms with van der Waals surface area (Å²) in [4.78, 5) is 59.1. The Morgan fingerprint density at radius 2 is 1.71 bits per heavy atom. The third-order valence-electron chi connectivity index (χ3n) is 8.28. The van der Waals surface area contributed by atoms with Crippen LogP contribution in [0.5, 0.6) is 0 Å². The van der Waals surface area contributed by atoms with Crippen molar-refractivity contribution in [3.63, 3.8) is 0 Å². The number of unbranched alkanes of at least 4 members (excludes halogenated alkanes) is 4. The molecule has 1 aliphatic rings. The molecule has 0 radical (unpaired) electrons. The quantitative estimate of drug-likeness (QED) is 0.217. The van der Waals surface area contributed by atoms with Gasteiger partial charge in [-0.05, 0) is 43.2 Å². The molecule has 0 saturated carbocycles. The van der Waals surface area contributed by atoms with E-state index in [4.69, 9.17) is 5.11 Å². The van der Waals surface area contributed by atoms with E-state index in [0.29, 0.717) is 13.0 Å². The van der Waals surface area contributed by atoms with Crippen molar-refractivity contribution in [2.24, 2.45) is 5.41 Å². The second-order valence-electron chi connectivity index (χ2n) is 13.1. The number of β-amino-alcohol motifs (C(OH)–C–C–N with tert-alkyl or cyclic N) is 1. The minimum absolute atomic E-state index is 0.0215. The van der Waals surface area contributed by atoms with Crippen molar-refractivity contribution in [3.8, 4) is 10.4 Å². The maximum Gasteiger partial charge on any atom is 0.407 e. The van der Waals surface area contributed by atoms with E-state index in [9.17, 15) is 24.3 Å². The summed E-state index contributed by atoms with van der Waals surface area (Å²) < 4.78 is 0. The fraction of sp³-hybridized carbons (Fsp3) is 0.606. The van der Waals surface area contributed by atoms with Gasteiger partial charge in [-0.25, -0.2) is 9.78 Å². The zero-order valence-corrected chi connectivity index (χ0v) is 28.2. The van der Waals surface area contributed by atoms with Gasteiger partial charge >= 0.3 is 6.09 Å². The van der Waals surface area contributed by atoms with Crippen LogP contribution in [0, 0.1) is 12.3 Å². The Hall–Kier alpha value is -3.51. The van der Waals surface area contributed by atoms with Crippen LogP contribution in [0.3, 0.4) is 0 Å². The molecule has 0 spiro atoms. The molecule has 0 aliphatic carbocycles. The first-order valence-corrected chi connectivity index (χ1v) is 16.6. The molecule has 3 rings (SSSR count). The normalized spacial score (nSPS) is 17.9.